The molecule has 0 spiro atoms. The minimum absolute atomic E-state index is 0.146. The van der Waals surface area contributed by atoms with Crippen molar-refractivity contribution >= 4 is 18.5 Å². The highest BCUT2D eigenvalue weighted by atomic mass is 32.1. The summed E-state index contributed by atoms with van der Waals surface area (Å²) in [6.07, 6.45) is 0. The van der Waals surface area contributed by atoms with Crippen LogP contribution in [0.15, 0.2) is 0 Å². The van der Waals surface area contributed by atoms with Crippen molar-refractivity contribution in [2.75, 3.05) is 5.75 Å². The van der Waals surface area contributed by atoms with Gasteiger partial charge in [-0.05, 0) is 20.8 Å². The summed E-state index contributed by atoms with van der Waals surface area (Å²) in [4.78, 5) is 11.1. The Morgan fingerprint density at radius 1 is 1.64 bits per heavy atom. The fraction of sp³-hybridized carbons (Fsp3) is 0.857. The van der Waals surface area contributed by atoms with Crippen LogP contribution in [0.25, 0.3) is 0 Å². The molecular weight excluding hydrogens is 160 g/mol. The molecule has 0 bridgehead atoms. The molecule has 0 heterocycles. The lowest BCUT2D eigenvalue weighted by Gasteiger charge is -2.22. The van der Waals surface area contributed by atoms with E-state index in [9.17, 15) is 4.79 Å². The Balaban J connectivity index is 3.88. The summed E-state index contributed by atoms with van der Waals surface area (Å²) in [5.41, 5.74) is 5.22. The molecule has 0 aromatic heterocycles. The Morgan fingerprint density at radius 3 is 2.36 bits per heavy atom. The maximum atomic E-state index is 11.1. The third kappa shape index (κ3) is 5.09. The van der Waals surface area contributed by atoms with Crippen LogP contribution in [0.3, 0.4) is 0 Å². The molecule has 1 unspecified atom stereocenters. The first-order valence-electron chi connectivity index (χ1n) is 3.55. The van der Waals surface area contributed by atoms with E-state index < -0.39 is 6.04 Å². The lowest BCUT2D eigenvalue weighted by molar-refractivity contribution is -0.123. The van der Waals surface area contributed by atoms with E-state index in [2.05, 4.69) is 17.9 Å². The molecule has 1 amide bonds. The van der Waals surface area contributed by atoms with Gasteiger partial charge in [0.25, 0.3) is 0 Å². The number of thiol groups is 1. The Bertz CT molecular complexity index is 142. The van der Waals surface area contributed by atoms with Gasteiger partial charge in [0.2, 0.25) is 5.91 Å². The van der Waals surface area contributed by atoms with Crippen LogP contribution < -0.4 is 11.1 Å². The van der Waals surface area contributed by atoms with Crippen molar-refractivity contribution in [1.29, 1.82) is 0 Å². The Hall–Kier alpha value is -0.220. The zero-order valence-corrected chi connectivity index (χ0v) is 8.11. The van der Waals surface area contributed by atoms with Gasteiger partial charge in [0.15, 0.2) is 0 Å². The summed E-state index contributed by atoms with van der Waals surface area (Å²) in [5, 5.41) is 2.76. The summed E-state index contributed by atoms with van der Waals surface area (Å²) in [6.45, 7) is 5.74. The first-order chi connectivity index (χ1) is 4.87. The van der Waals surface area contributed by atoms with Crippen LogP contribution in [0, 0.1) is 0 Å². The van der Waals surface area contributed by atoms with Gasteiger partial charge in [0.1, 0.15) is 0 Å². The summed E-state index contributed by atoms with van der Waals surface area (Å²) in [6, 6.07) is -0.502. The highest BCUT2D eigenvalue weighted by Gasteiger charge is 2.17. The van der Waals surface area contributed by atoms with Crippen molar-refractivity contribution in [3.05, 3.63) is 0 Å². The lowest BCUT2D eigenvalue weighted by atomic mass is 10.1. The Labute approximate surface area is 73.1 Å². The van der Waals surface area contributed by atoms with Gasteiger partial charge >= 0.3 is 0 Å². The summed E-state index contributed by atoms with van der Waals surface area (Å²) in [7, 11) is 0. The predicted octanol–water partition coefficient (Wildman–Crippen LogP) is 0.158. The molecule has 0 fully saturated rings. The SMILES string of the molecule is CC(C)(C)NC(=O)C(N)CS. The minimum atomic E-state index is -0.502. The van der Waals surface area contributed by atoms with Crippen LogP contribution in [0.4, 0.5) is 0 Å². The van der Waals surface area contributed by atoms with E-state index in [0.29, 0.717) is 5.75 Å². The van der Waals surface area contributed by atoms with Crippen molar-refractivity contribution in [3.63, 3.8) is 0 Å². The molecule has 3 nitrogen and oxygen atoms in total. The van der Waals surface area contributed by atoms with Gasteiger partial charge in [0.05, 0.1) is 6.04 Å². The van der Waals surface area contributed by atoms with Crippen LogP contribution in [0.5, 0.6) is 0 Å². The number of carbonyl (C=O) groups excluding carboxylic acids is 1. The normalized spacial score (nSPS) is 14.3. The molecule has 66 valence electrons. The predicted molar refractivity (Wildman–Crippen MR) is 49.7 cm³/mol. The third-order valence-electron chi connectivity index (χ3n) is 1.03. The van der Waals surface area contributed by atoms with Crippen LogP contribution >= 0.6 is 12.6 Å². The van der Waals surface area contributed by atoms with E-state index >= 15 is 0 Å². The second-order valence-electron chi connectivity index (χ2n) is 3.53. The Kier molecular flexibility index (Phi) is 3.89. The number of nitrogens with one attached hydrogen (secondary N) is 1. The average molecular weight is 176 g/mol. The van der Waals surface area contributed by atoms with Crippen LogP contribution in [-0.2, 0) is 4.79 Å². The van der Waals surface area contributed by atoms with Gasteiger partial charge < -0.3 is 11.1 Å². The molecule has 4 heteroatoms. The molecular formula is C7H16N2OS. The first kappa shape index (κ1) is 10.8. The zero-order chi connectivity index (χ0) is 9.07. The number of nitrogens with two attached hydrogens (primary N) is 1. The van der Waals surface area contributed by atoms with E-state index in [-0.39, 0.29) is 11.4 Å². The largest absolute Gasteiger partial charge is 0.350 e. The number of hydrogen-bond acceptors (Lipinski definition) is 3. The molecule has 0 aromatic rings. The van der Waals surface area contributed by atoms with Crippen LogP contribution in [0.2, 0.25) is 0 Å². The fourth-order valence-electron chi connectivity index (χ4n) is 0.545. The van der Waals surface area contributed by atoms with E-state index in [1.165, 1.54) is 0 Å². The molecule has 0 saturated heterocycles. The quantitative estimate of drug-likeness (QED) is 0.525. The molecule has 1 atom stereocenters. The van der Waals surface area contributed by atoms with Gasteiger partial charge in [-0.15, -0.1) is 0 Å². The minimum Gasteiger partial charge on any atom is -0.350 e. The smallest absolute Gasteiger partial charge is 0.238 e. The van der Waals surface area contributed by atoms with Crippen molar-refractivity contribution in [3.8, 4) is 0 Å². The van der Waals surface area contributed by atoms with Gasteiger partial charge in [-0.25, -0.2) is 0 Å². The summed E-state index contributed by atoms with van der Waals surface area (Å²) >= 11 is 3.92. The van der Waals surface area contributed by atoms with Gasteiger partial charge in [0, 0.05) is 11.3 Å². The Morgan fingerprint density at radius 2 is 2.09 bits per heavy atom. The second-order valence-corrected chi connectivity index (χ2v) is 3.89. The van der Waals surface area contributed by atoms with E-state index in [4.69, 9.17) is 5.73 Å². The van der Waals surface area contributed by atoms with Crippen molar-refractivity contribution in [1.82, 2.24) is 5.32 Å². The van der Waals surface area contributed by atoms with E-state index in [0.717, 1.165) is 0 Å². The maximum absolute atomic E-state index is 11.1. The topological polar surface area (TPSA) is 55.1 Å². The number of amides is 1. The molecule has 0 aliphatic carbocycles. The maximum Gasteiger partial charge on any atom is 0.238 e. The number of hydrogen-bond donors (Lipinski definition) is 3. The number of rotatable bonds is 2. The zero-order valence-electron chi connectivity index (χ0n) is 7.22. The molecule has 0 rings (SSSR count). The van der Waals surface area contributed by atoms with E-state index in [1.54, 1.807) is 0 Å². The fourth-order valence-corrected chi connectivity index (χ4v) is 0.711. The molecule has 0 radical (unpaired) electrons. The van der Waals surface area contributed by atoms with Gasteiger partial charge in [-0.3, -0.25) is 4.79 Å². The highest BCUT2D eigenvalue weighted by Crippen LogP contribution is 1.98. The molecule has 3 N–H and O–H groups in total. The molecule has 0 aromatic carbocycles. The highest BCUT2D eigenvalue weighted by molar-refractivity contribution is 7.80. The molecule has 0 aliphatic rings. The first-order valence-corrected chi connectivity index (χ1v) is 4.18. The van der Waals surface area contributed by atoms with Crippen molar-refractivity contribution in [2.45, 2.75) is 32.4 Å². The summed E-state index contributed by atoms with van der Waals surface area (Å²) in [5.74, 6) is 0.231. The molecule has 11 heavy (non-hydrogen) atoms. The van der Waals surface area contributed by atoms with Crippen molar-refractivity contribution < 1.29 is 4.79 Å². The second kappa shape index (κ2) is 3.97. The standard InChI is InChI=1S/C7H16N2OS/c1-7(2,3)9-6(10)5(8)4-11/h5,11H,4,8H2,1-3H3,(H,9,10). The van der Waals surface area contributed by atoms with Crippen LogP contribution in [0.1, 0.15) is 20.8 Å². The molecule has 0 aliphatic heterocycles. The van der Waals surface area contributed by atoms with Gasteiger partial charge in [-0.2, -0.15) is 12.6 Å². The van der Waals surface area contributed by atoms with E-state index in [1.807, 2.05) is 20.8 Å². The molecule has 0 saturated carbocycles. The summed E-state index contributed by atoms with van der Waals surface area (Å²) < 4.78 is 0. The third-order valence-corrected chi connectivity index (χ3v) is 1.43. The lowest BCUT2D eigenvalue weighted by Crippen LogP contribution is -2.49. The van der Waals surface area contributed by atoms with Gasteiger partial charge in [-0.1, -0.05) is 0 Å². The van der Waals surface area contributed by atoms with Crippen LogP contribution in [-0.4, -0.2) is 23.2 Å². The van der Waals surface area contributed by atoms with Crippen molar-refractivity contribution in [2.24, 2.45) is 5.73 Å². The average Bonchev–Trinajstić information content (AvgIpc) is 1.82. The monoisotopic (exact) mass is 176 g/mol. The number of carbonyl (C=O) groups is 1.